The van der Waals surface area contributed by atoms with Crippen LogP contribution in [0.5, 0.6) is 0 Å². The molecule has 72 valence electrons. The van der Waals surface area contributed by atoms with Gasteiger partial charge in [-0.05, 0) is 36.4 Å². The number of nitrogens with one attached hydrogen (secondary N) is 1. The summed E-state index contributed by atoms with van der Waals surface area (Å²) in [4.78, 5) is 0. The maximum atomic E-state index is 4.15. The summed E-state index contributed by atoms with van der Waals surface area (Å²) >= 11 is 7.56. The lowest BCUT2D eigenvalue weighted by molar-refractivity contribution is 0.679. The molecule has 0 unspecified atom stereocenters. The quantitative estimate of drug-likeness (QED) is 0.612. The monoisotopic (exact) mass is 259 g/mol. The zero-order valence-electron chi connectivity index (χ0n) is 7.46. The standard InChI is InChI=1S/C10H14BrNS/c11-10-4-2-9(3-5-10)8-12-6-1-7-13/h2-5,12-13H,1,6-8H2. The summed E-state index contributed by atoms with van der Waals surface area (Å²) in [6.07, 6.45) is 1.12. The van der Waals surface area contributed by atoms with Crippen molar-refractivity contribution in [1.82, 2.24) is 5.32 Å². The first-order valence-electron chi connectivity index (χ1n) is 4.39. The van der Waals surface area contributed by atoms with Crippen LogP contribution in [0.4, 0.5) is 0 Å². The Labute approximate surface area is 93.5 Å². The molecule has 0 radical (unpaired) electrons. The van der Waals surface area contributed by atoms with Crippen molar-refractivity contribution < 1.29 is 0 Å². The summed E-state index contributed by atoms with van der Waals surface area (Å²) in [5.41, 5.74) is 1.32. The van der Waals surface area contributed by atoms with Gasteiger partial charge in [0.1, 0.15) is 0 Å². The van der Waals surface area contributed by atoms with Crippen LogP contribution < -0.4 is 5.32 Å². The predicted molar refractivity (Wildman–Crippen MR) is 64.3 cm³/mol. The third-order valence-electron chi connectivity index (χ3n) is 1.75. The largest absolute Gasteiger partial charge is 0.313 e. The lowest BCUT2D eigenvalue weighted by Gasteiger charge is -2.03. The topological polar surface area (TPSA) is 12.0 Å². The molecule has 1 N–H and O–H groups in total. The van der Waals surface area contributed by atoms with E-state index in [9.17, 15) is 0 Å². The second-order valence-electron chi connectivity index (χ2n) is 2.88. The van der Waals surface area contributed by atoms with Crippen LogP contribution >= 0.6 is 28.6 Å². The fraction of sp³-hybridized carbons (Fsp3) is 0.400. The highest BCUT2D eigenvalue weighted by Gasteiger charge is 1.91. The van der Waals surface area contributed by atoms with Crippen LogP contribution in [-0.4, -0.2) is 12.3 Å². The molecule has 0 heterocycles. The maximum Gasteiger partial charge on any atom is 0.0205 e. The Kier molecular flexibility index (Phi) is 5.51. The van der Waals surface area contributed by atoms with Gasteiger partial charge in [-0.2, -0.15) is 12.6 Å². The highest BCUT2D eigenvalue weighted by atomic mass is 79.9. The summed E-state index contributed by atoms with van der Waals surface area (Å²) in [5, 5.41) is 3.36. The second kappa shape index (κ2) is 6.46. The van der Waals surface area contributed by atoms with Crippen molar-refractivity contribution >= 4 is 28.6 Å². The Balaban J connectivity index is 2.25. The van der Waals surface area contributed by atoms with E-state index in [4.69, 9.17) is 0 Å². The molecule has 13 heavy (non-hydrogen) atoms. The SMILES string of the molecule is SCCCNCc1ccc(Br)cc1. The minimum absolute atomic E-state index is 0.945. The number of hydrogen-bond donors (Lipinski definition) is 2. The highest BCUT2D eigenvalue weighted by Crippen LogP contribution is 2.09. The van der Waals surface area contributed by atoms with E-state index >= 15 is 0 Å². The van der Waals surface area contributed by atoms with Gasteiger partial charge in [0.25, 0.3) is 0 Å². The van der Waals surface area contributed by atoms with Crippen molar-refractivity contribution in [3.63, 3.8) is 0 Å². The zero-order chi connectivity index (χ0) is 9.52. The molecule has 0 spiro atoms. The van der Waals surface area contributed by atoms with E-state index in [2.05, 4.69) is 58.1 Å². The number of rotatable bonds is 5. The van der Waals surface area contributed by atoms with Gasteiger partial charge >= 0.3 is 0 Å². The van der Waals surface area contributed by atoms with Crippen LogP contribution in [0, 0.1) is 0 Å². The minimum atomic E-state index is 0.945. The van der Waals surface area contributed by atoms with E-state index in [0.29, 0.717) is 0 Å². The van der Waals surface area contributed by atoms with Gasteiger partial charge < -0.3 is 5.32 Å². The first kappa shape index (κ1) is 11.1. The zero-order valence-corrected chi connectivity index (χ0v) is 9.94. The van der Waals surface area contributed by atoms with Crippen LogP contribution in [0.1, 0.15) is 12.0 Å². The van der Waals surface area contributed by atoms with Gasteiger partial charge in [-0.1, -0.05) is 28.1 Å². The molecular weight excluding hydrogens is 246 g/mol. The summed E-state index contributed by atoms with van der Waals surface area (Å²) in [5.74, 6) is 0.952. The van der Waals surface area contributed by atoms with Gasteiger partial charge in [0.05, 0.1) is 0 Å². The molecule has 1 nitrogen and oxygen atoms in total. The van der Waals surface area contributed by atoms with Crippen molar-refractivity contribution in [3.05, 3.63) is 34.3 Å². The molecule has 0 aliphatic carbocycles. The molecule has 1 rings (SSSR count). The van der Waals surface area contributed by atoms with Crippen molar-refractivity contribution in [2.45, 2.75) is 13.0 Å². The Hall–Kier alpha value is 0.01000. The molecule has 0 atom stereocenters. The number of thiol groups is 1. The third-order valence-corrected chi connectivity index (χ3v) is 2.60. The van der Waals surface area contributed by atoms with E-state index in [1.165, 1.54) is 5.56 Å². The molecule has 0 aliphatic heterocycles. The van der Waals surface area contributed by atoms with Crippen molar-refractivity contribution in [2.75, 3.05) is 12.3 Å². The fourth-order valence-corrected chi connectivity index (χ4v) is 1.46. The minimum Gasteiger partial charge on any atom is -0.313 e. The maximum absolute atomic E-state index is 4.15. The molecule has 0 saturated heterocycles. The Bertz CT molecular complexity index is 235. The van der Waals surface area contributed by atoms with Gasteiger partial charge in [0, 0.05) is 11.0 Å². The Morgan fingerprint density at radius 1 is 1.23 bits per heavy atom. The average Bonchev–Trinajstić information content (AvgIpc) is 2.15. The van der Waals surface area contributed by atoms with Crippen LogP contribution in [0.25, 0.3) is 0 Å². The molecule has 3 heteroatoms. The lowest BCUT2D eigenvalue weighted by atomic mass is 10.2. The molecule has 1 aromatic rings. The van der Waals surface area contributed by atoms with Crippen LogP contribution in [0.3, 0.4) is 0 Å². The third kappa shape index (κ3) is 4.69. The second-order valence-corrected chi connectivity index (χ2v) is 4.24. The van der Waals surface area contributed by atoms with Crippen molar-refractivity contribution in [3.8, 4) is 0 Å². The molecule has 0 aromatic heterocycles. The lowest BCUT2D eigenvalue weighted by Crippen LogP contribution is -2.14. The normalized spacial score (nSPS) is 10.3. The number of hydrogen-bond acceptors (Lipinski definition) is 2. The molecule has 0 bridgehead atoms. The summed E-state index contributed by atoms with van der Waals surface area (Å²) < 4.78 is 1.13. The first-order chi connectivity index (χ1) is 6.33. The van der Waals surface area contributed by atoms with Crippen LogP contribution in [-0.2, 0) is 6.54 Å². The molecule has 0 fully saturated rings. The number of benzene rings is 1. The average molecular weight is 260 g/mol. The van der Waals surface area contributed by atoms with Crippen molar-refractivity contribution in [2.24, 2.45) is 0 Å². The van der Waals surface area contributed by atoms with Gasteiger partial charge in [-0.15, -0.1) is 0 Å². The van der Waals surface area contributed by atoms with Crippen LogP contribution in [0.2, 0.25) is 0 Å². The van der Waals surface area contributed by atoms with Gasteiger partial charge in [0.15, 0.2) is 0 Å². The molecule has 0 aliphatic rings. The van der Waals surface area contributed by atoms with E-state index in [0.717, 1.165) is 29.7 Å². The summed E-state index contributed by atoms with van der Waals surface area (Å²) in [7, 11) is 0. The van der Waals surface area contributed by atoms with Gasteiger partial charge in [0.2, 0.25) is 0 Å². The first-order valence-corrected chi connectivity index (χ1v) is 5.81. The summed E-state index contributed by atoms with van der Waals surface area (Å²) in [6.45, 7) is 1.99. The highest BCUT2D eigenvalue weighted by molar-refractivity contribution is 9.10. The molecular formula is C10H14BrNS. The fourth-order valence-electron chi connectivity index (χ4n) is 1.04. The molecule has 0 amide bonds. The van der Waals surface area contributed by atoms with Crippen LogP contribution in [0.15, 0.2) is 28.7 Å². The van der Waals surface area contributed by atoms with E-state index in [1.807, 2.05) is 0 Å². The van der Waals surface area contributed by atoms with E-state index in [-0.39, 0.29) is 0 Å². The van der Waals surface area contributed by atoms with Gasteiger partial charge in [-0.3, -0.25) is 0 Å². The van der Waals surface area contributed by atoms with E-state index in [1.54, 1.807) is 0 Å². The predicted octanol–water partition coefficient (Wildman–Crippen LogP) is 2.86. The van der Waals surface area contributed by atoms with Gasteiger partial charge in [-0.25, -0.2) is 0 Å². The smallest absolute Gasteiger partial charge is 0.0205 e. The molecule has 0 saturated carbocycles. The molecule has 1 aromatic carbocycles. The van der Waals surface area contributed by atoms with Crippen molar-refractivity contribution in [1.29, 1.82) is 0 Å². The Morgan fingerprint density at radius 3 is 2.54 bits per heavy atom. The Morgan fingerprint density at radius 2 is 1.92 bits per heavy atom. The summed E-state index contributed by atoms with van der Waals surface area (Å²) in [6, 6.07) is 8.38. The number of halogens is 1. The van der Waals surface area contributed by atoms with E-state index < -0.39 is 0 Å².